The largest absolute Gasteiger partial charge is 0.306 e. The van der Waals surface area contributed by atoms with Gasteiger partial charge in [-0.05, 0) is 51.7 Å². The Hall–Kier alpha value is -1.84. The molecule has 0 spiro atoms. The third-order valence-corrected chi connectivity index (χ3v) is 5.10. The molecule has 114 valence electrons. The van der Waals surface area contributed by atoms with Gasteiger partial charge in [-0.3, -0.25) is 4.79 Å². The molecule has 0 radical (unpaired) electrons. The van der Waals surface area contributed by atoms with Crippen LogP contribution in [-0.4, -0.2) is 4.57 Å². The van der Waals surface area contributed by atoms with Gasteiger partial charge in [-0.25, -0.2) is 0 Å². The molecule has 23 heavy (non-hydrogen) atoms. The maximum Gasteiger partial charge on any atom is 0.258 e. The van der Waals surface area contributed by atoms with E-state index in [9.17, 15) is 4.79 Å². The summed E-state index contributed by atoms with van der Waals surface area (Å²) in [5.41, 5.74) is 4.87. The first-order chi connectivity index (χ1) is 11.1. The fourth-order valence-corrected chi connectivity index (χ4v) is 3.99. The SMILES string of the molecule is O=c1c(-c2ccccc2)cc(Br)c2n1CCc1ccc(Cl)cc1-2. The van der Waals surface area contributed by atoms with Gasteiger partial charge in [-0.1, -0.05) is 48.0 Å². The minimum atomic E-state index is 0.0417. The van der Waals surface area contributed by atoms with Crippen molar-refractivity contribution in [1.82, 2.24) is 4.57 Å². The molecular weight excluding hydrogens is 374 g/mol. The fourth-order valence-electron chi connectivity index (χ4n) is 3.16. The highest BCUT2D eigenvalue weighted by molar-refractivity contribution is 9.10. The molecule has 0 amide bonds. The molecule has 1 aromatic heterocycles. The molecule has 2 nitrogen and oxygen atoms in total. The lowest BCUT2D eigenvalue weighted by molar-refractivity contribution is 0.658. The zero-order valence-corrected chi connectivity index (χ0v) is 14.6. The molecule has 0 unspecified atom stereocenters. The second-order valence-electron chi connectivity index (χ2n) is 5.63. The monoisotopic (exact) mass is 385 g/mol. The molecule has 0 fully saturated rings. The van der Waals surface area contributed by atoms with E-state index in [4.69, 9.17) is 11.6 Å². The highest BCUT2D eigenvalue weighted by Crippen LogP contribution is 2.36. The predicted octanol–water partition coefficient (Wildman–Crippen LogP) is 5.15. The lowest BCUT2D eigenvalue weighted by Gasteiger charge is -2.24. The summed E-state index contributed by atoms with van der Waals surface area (Å²) in [7, 11) is 0. The summed E-state index contributed by atoms with van der Waals surface area (Å²) in [6.45, 7) is 0.683. The standard InChI is InChI=1S/C19H13BrClNO/c20-17-11-16(12-4-2-1-3-5-12)19(23)22-9-8-13-6-7-14(21)10-15(13)18(17)22/h1-7,10-11H,8-9H2. The number of aryl methyl sites for hydroxylation is 1. The van der Waals surface area contributed by atoms with Crippen molar-refractivity contribution in [1.29, 1.82) is 0 Å². The number of nitrogens with zero attached hydrogens (tertiary/aromatic N) is 1. The Morgan fingerprint density at radius 3 is 2.57 bits per heavy atom. The molecule has 0 saturated heterocycles. The number of benzene rings is 2. The van der Waals surface area contributed by atoms with Crippen LogP contribution in [0.25, 0.3) is 22.4 Å². The molecule has 2 heterocycles. The Morgan fingerprint density at radius 2 is 1.78 bits per heavy atom. The van der Waals surface area contributed by atoms with Crippen molar-refractivity contribution >= 4 is 27.5 Å². The van der Waals surface area contributed by atoms with Crippen molar-refractivity contribution in [3.63, 3.8) is 0 Å². The van der Waals surface area contributed by atoms with E-state index in [-0.39, 0.29) is 5.56 Å². The lowest BCUT2D eigenvalue weighted by Crippen LogP contribution is -2.27. The predicted molar refractivity (Wildman–Crippen MR) is 98.0 cm³/mol. The van der Waals surface area contributed by atoms with E-state index in [0.29, 0.717) is 17.1 Å². The third-order valence-electron chi connectivity index (χ3n) is 4.26. The Morgan fingerprint density at radius 1 is 1.00 bits per heavy atom. The molecule has 3 aromatic rings. The van der Waals surface area contributed by atoms with Crippen LogP contribution < -0.4 is 5.56 Å². The molecule has 4 rings (SSSR count). The van der Waals surface area contributed by atoms with Crippen molar-refractivity contribution < 1.29 is 0 Å². The number of fused-ring (bicyclic) bond motifs is 3. The average Bonchev–Trinajstić information content (AvgIpc) is 2.58. The summed E-state index contributed by atoms with van der Waals surface area (Å²) in [6.07, 6.45) is 0.837. The van der Waals surface area contributed by atoms with Crippen LogP contribution in [0.2, 0.25) is 5.02 Å². The second kappa shape index (κ2) is 5.66. The number of halogens is 2. The minimum absolute atomic E-state index is 0.0417. The summed E-state index contributed by atoms with van der Waals surface area (Å²) in [6, 6.07) is 17.6. The third kappa shape index (κ3) is 2.44. The summed E-state index contributed by atoms with van der Waals surface area (Å²) in [5.74, 6) is 0. The molecular formula is C19H13BrClNO. The van der Waals surface area contributed by atoms with E-state index < -0.39 is 0 Å². The normalized spacial score (nSPS) is 12.6. The summed E-state index contributed by atoms with van der Waals surface area (Å²) >= 11 is 9.82. The summed E-state index contributed by atoms with van der Waals surface area (Å²) in [5, 5.41) is 0.684. The van der Waals surface area contributed by atoms with E-state index in [2.05, 4.69) is 15.9 Å². The van der Waals surface area contributed by atoms with Gasteiger partial charge in [0.1, 0.15) is 0 Å². The van der Waals surface area contributed by atoms with Gasteiger partial charge in [0.15, 0.2) is 0 Å². The molecule has 0 atom stereocenters. The molecule has 0 N–H and O–H groups in total. The topological polar surface area (TPSA) is 22.0 Å². The fraction of sp³-hybridized carbons (Fsp3) is 0.105. The highest BCUT2D eigenvalue weighted by atomic mass is 79.9. The number of aromatic nitrogens is 1. The summed E-state index contributed by atoms with van der Waals surface area (Å²) in [4.78, 5) is 13.0. The number of rotatable bonds is 1. The first-order valence-electron chi connectivity index (χ1n) is 7.43. The van der Waals surface area contributed by atoms with Crippen LogP contribution in [0.1, 0.15) is 5.56 Å². The van der Waals surface area contributed by atoms with Gasteiger partial charge in [-0.2, -0.15) is 0 Å². The number of hydrogen-bond donors (Lipinski definition) is 0. The van der Waals surface area contributed by atoms with Crippen molar-refractivity contribution in [2.75, 3.05) is 0 Å². The van der Waals surface area contributed by atoms with Crippen molar-refractivity contribution in [3.05, 3.63) is 80.0 Å². The number of pyridine rings is 1. The maximum atomic E-state index is 13.0. The molecule has 0 bridgehead atoms. The summed E-state index contributed by atoms with van der Waals surface area (Å²) < 4.78 is 2.77. The Balaban J connectivity index is 2.00. The van der Waals surface area contributed by atoms with Crippen molar-refractivity contribution in [2.45, 2.75) is 13.0 Å². The first-order valence-corrected chi connectivity index (χ1v) is 8.60. The molecule has 4 heteroatoms. The van der Waals surface area contributed by atoms with Gasteiger partial charge in [0, 0.05) is 27.2 Å². The Bertz CT molecular complexity index is 963. The van der Waals surface area contributed by atoms with Crippen LogP contribution in [-0.2, 0) is 13.0 Å². The van der Waals surface area contributed by atoms with Crippen LogP contribution in [0.15, 0.2) is 63.9 Å². The van der Waals surface area contributed by atoms with Crippen LogP contribution in [0.5, 0.6) is 0 Å². The van der Waals surface area contributed by atoms with Gasteiger partial charge in [0.2, 0.25) is 0 Å². The zero-order chi connectivity index (χ0) is 16.0. The van der Waals surface area contributed by atoms with Crippen LogP contribution in [0.3, 0.4) is 0 Å². The highest BCUT2D eigenvalue weighted by Gasteiger charge is 2.22. The molecule has 0 aliphatic carbocycles. The molecule has 2 aromatic carbocycles. The quantitative estimate of drug-likeness (QED) is 0.566. The van der Waals surface area contributed by atoms with E-state index in [1.54, 1.807) is 0 Å². The average molecular weight is 387 g/mol. The van der Waals surface area contributed by atoms with Crippen molar-refractivity contribution in [2.24, 2.45) is 0 Å². The lowest BCUT2D eigenvalue weighted by atomic mass is 9.96. The molecule has 0 saturated carbocycles. The van der Waals surface area contributed by atoms with E-state index in [1.807, 2.05) is 59.2 Å². The van der Waals surface area contributed by atoms with Gasteiger partial charge >= 0.3 is 0 Å². The molecule has 1 aliphatic heterocycles. The van der Waals surface area contributed by atoms with E-state index in [0.717, 1.165) is 27.7 Å². The Kier molecular flexibility index (Phi) is 3.63. The number of hydrogen-bond acceptors (Lipinski definition) is 1. The van der Waals surface area contributed by atoms with Crippen LogP contribution in [0.4, 0.5) is 0 Å². The van der Waals surface area contributed by atoms with Gasteiger partial charge in [0.25, 0.3) is 5.56 Å². The minimum Gasteiger partial charge on any atom is -0.306 e. The van der Waals surface area contributed by atoms with Gasteiger partial charge < -0.3 is 4.57 Å². The smallest absolute Gasteiger partial charge is 0.258 e. The first kappa shape index (κ1) is 14.7. The second-order valence-corrected chi connectivity index (χ2v) is 6.92. The maximum absolute atomic E-state index is 13.0. The van der Waals surface area contributed by atoms with Gasteiger partial charge in [-0.15, -0.1) is 0 Å². The van der Waals surface area contributed by atoms with Crippen LogP contribution >= 0.6 is 27.5 Å². The molecule has 1 aliphatic rings. The van der Waals surface area contributed by atoms with Crippen LogP contribution in [0, 0.1) is 0 Å². The van der Waals surface area contributed by atoms with Gasteiger partial charge in [0.05, 0.1) is 5.69 Å². The van der Waals surface area contributed by atoms with Crippen molar-refractivity contribution in [3.8, 4) is 22.4 Å². The Labute approximate surface area is 147 Å². The zero-order valence-electron chi connectivity index (χ0n) is 12.2. The van der Waals surface area contributed by atoms with E-state index in [1.165, 1.54) is 5.56 Å². The van der Waals surface area contributed by atoms with E-state index >= 15 is 0 Å².